The summed E-state index contributed by atoms with van der Waals surface area (Å²) < 4.78 is 29.7. The molecular weight excluding hydrogens is 322 g/mol. The lowest BCUT2D eigenvalue weighted by Crippen LogP contribution is -2.50. The third-order valence-corrected chi connectivity index (χ3v) is 7.21. The van der Waals surface area contributed by atoms with Crippen LogP contribution in [0.5, 0.6) is 0 Å². The molecule has 0 aromatic heterocycles. The van der Waals surface area contributed by atoms with Gasteiger partial charge in [-0.25, -0.2) is 8.78 Å². The van der Waals surface area contributed by atoms with Gasteiger partial charge in [-0.2, -0.15) is 0 Å². The van der Waals surface area contributed by atoms with Crippen LogP contribution in [0.2, 0.25) is 0 Å². The van der Waals surface area contributed by atoms with Gasteiger partial charge in [0.1, 0.15) is 10.7 Å². The van der Waals surface area contributed by atoms with Crippen LogP contribution >= 0.6 is 27.7 Å². The summed E-state index contributed by atoms with van der Waals surface area (Å²) in [5, 5.41) is -4.97. The van der Waals surface area contributed by atoms with Gasteiger partial charge in [-0.1, -0.05) is 35.2 Å². The van der Waals surface area contributed by atoms with Gasteiger partial charge in [-0.3, -0.25) is 0 Å². The van der Waals surface area contributed by atoms with Crippen LogP contribution in [0.25, 0.3) is 0 Å². The molecule has 118 valence electrons. The molecule has 0 aliphatic heterocycles. The maximum absolute atomic E-state index is 14.8. The second kappa shape index (κ2) is 6.15. The lowest BCUT2D eigenvalue weighted by molar-refractivity contribution is 0.165. The Morgan fingerprint density at radius 2 is 1.43 bits per heavy atom. The van der Waals surface area contributed by atoms with Crippen molar-refractivity contribution in [2.24, 2.45) is 0 Å². The zero-order valence-corrected chi connectivity index (χ0v) is 17.2. The molecule has 0 N–H and O–H groups in total. The molecule has 21 heavy (non-hydrogen) atoms. The minimum atomic E-state index is -1.80. The van der Waals surface area contributed by atoms with E-state index in [4.69, 9.17) is 0 Å². The van der Waals surface area contributed by atoms with Gasteiger partial charge in [0.05, 0.1) is 5.16 Å². The van der Waals surface area contributed by atoms with Crippen molar-refractivity contribution >= 4 is 35.6 Å². The van der Waals surface area contributed by atoms with E-state index in [0.29, 0.717) is 11.5 Å². The van der Waals surface area contributed by atoms with Crippen molar-refractivity contribution < 1.29 is 8.78 Å². The van der Waals surface area contributed by atoms with Gasteiger partial charge >= 0.3 is 0 Å². The smallest absolute Gasteiger partial charge is 0.157 e. The highest BCUT2D eigenvalue weighted by Crippen LogP contribution is 2.57. The Bertz CT molecular complexity index is 494. The maximum Gasteiger partial charge on any atom is 0.157 e. The van der Waals surface area contributed by atoms with E-state index in [1.165, 1.54) is 20.3 Å². The molecule has 0 nitrogen and oxygen atoms in total. The van der Waals surface area contributed by atoms with Gasteiger partial charge in [0, 0.05) is 0 Å². The summed E-state index contributed by atoms with van der Waals surface area (Å²) in [4.78, 5) is 0. The molecule has 1 aromatic carbocycles. The molecule has 0 fully saturated rings. The molecule has 6 heteroatoms. The fraction of sp³-hybridized carbons (Fsp3) is 0.600. The quantitative estimate of drug-likeness (QED) is 0.566. The van der Waals surface area contributed by atoms with Crippen molar-refractivity contribution in [3.63, 3.8) is 0 Å². The van der Waals surface area contributed by atoms with Crippen molar-refractivity contribution in [1.82, 2.24) is 0 Å². The Morgan fingerprint density at radius 3 is 1.67 bits per heavy atom. The first-order valence-electron chi connectivity index (χ1n) is 7.09. The zero-order chi connectivity index (χ0) is 16.8. The Balaban J connectivity index is 3.64. The van der Waals surface area contributed by atoms with Gasteiger partial charge in [0.2, 0.25) is 0 Å². The third-order valence-electron chi connectivity index (χ3n) is 4.17. The van der Waals surface area contributed by atoms with E-state index in [0.717, 1.165) is 11.1 Å². The Labute approximate surface area is 135 Å². The summed E-state index contributed by atoms with van der Waals surface area (Å²) in [6.45, 7) is 9.68. The topological polar surface area (TPSA) is 0 Å². The normalized spacial score (nSPS) is 20.7. The molecule has 0 aliphatic rings. The maximum atomic E-state index is 14.8. The summed E-state index contributed by atoms with van der Waals surface area (Å²) >= 11 is 0. The minimum Gasteiger partial charge on any atom is -0.248 e. The average molecular weight is 348 g/mol. The summed E-state index contributed by atoms with van der Waals surface area (Å²) in [5.41, 5.74) is 4.07. The van der Waals surface area contributed by atoms with Crippen LogP contribution < -0.4 is 0 Å². The minimum absolute atomic E-state index is 0.387. The van der Waals surface area contributed by atoms with Crippen LogP contribution in [-0.2, 0) is 5.16 Å². The first kappa shape index (κ1) is 19.5. The highest BCUT2D eigenvalue weighted by molar-refractivity contribution is 7.29. The van der Waals surface area contributed by atoms with Crippen LogP contribution in [0.4, 0.5) is 8.78 Å². The molecule has 6 atom stereocenters. The summed E-state index contributed by atoms with van der Waals surface area (Å²) in [5.74, 6) is 0.387. The van der Waals surface area contributed by atoms with Gasteiger partial charge in [-0.15, -0.1) is 18.5 Å². The number of benzene rings is 1. The Hall–Kier alpha value is 0.435. The van der Waals surface area contributed by atoms with Crippen molar-refractivity contribution in [1.29, 1.82) is 0 Å². The molecule has 1 aromatic rings. The molecule has 0 spiro atoms. The summed E-state index contributed by atoms with van der Waals surface area (Å²) in [7, 11) is 8.10. The Kier molecular flexibility index (Phi) is 5.70. The average Bonchev–Trinajstić information content (AvgIpc) is 2.22. The first-order chi connectivity index (χ1) is 9.23. The second-order valence-corrected chi connectivity index (χ2v) is 9.67. The number of halogens is 2. The number of hydrogen-bond acceptors (Lipinski definition) is 0. The summed E-state index contributed by atoms with van der Waals surface area (Å²) in [6, 6.07) is 3.83. The molecule has 0 saturated carbocycles. The van der Waals surface area contributed by atoms with Crippen LogP contribution in [0.1, 0.15) is 48.9 Å². The molecular formula is C15H26BF2P3. The molecule has 0 amide bonds. The SMILES string of the molecule is BC(F)(P)C(P)(c1cc(C)c(C(C)C)c(C)c1)C(C)(F)P. The van der Waals surface area contributed by atoms with E-state index in [-0.39, 0.29) is 0 Å². The van der Waals surface area contributed by atoms with Gasteiger partial charge in [-0.05, 0) is 48.9 Å². The van der Waals surface area contributed by atoms with Crippen LogP contribution in [0, 0.1) is 13.8 Å². The van der Waals surface area contributed by atoms with Crippen LogP contribution in [0.3, 0.4) is 0 Å². The van der Waals surface area contributed by atoms with Crippen molar-refractivity contribution in [3.05, 3.63) is 34.4 Å². The molecule has 0 heterocycles. The fourth-order valence-corrected chi connectivity index (χ4v) is 4.39. The van der Waals surface area contributed by atoms with Crippen molar-refractivity contribution in [3.8, 4) is 0 Å². The predicted molar refractivity (Wildman–Crippen MR) is 103 cm³/mol. The predicted octanol–water partition coefficient (Wildman–Crippen LogP) is 4.19. The number of rotatable bonds is 4. The van der Waals surface area contributed by atoms with Crippen LogP contribution in [0.15, 0.2) is 12.1 Å². The highest BCUT2D eigenvalue weighted by atomic mass is 31.0. The molecule has 0 radical (unpaired) electrons. The highest BCUT2D eigenvalue weighted by Gasteiger charge is 2.54. The van der Waals surface area contributed by atoms with Crippen molar-refractivity contribution in [2.75, 3.05) is 0 Å². The molecule has 1 rings (SSSR count). The van der Waals surface area contributed by atoms with E-state index in [2.05, 4.69) is 41.6 Å². The van der Waals surface area contributed by atoms with Gasteiger partial charge in [0.25, 0.3) is 0 Å². The molecule has 0 aliphatic carbocycles. The van der Waals surface area contributed by atoms with Crippen molar-refractivity contribution in [2.45, 2.75) is 56.4 Å². The standard InChI is InChI=1S/C15H26BF2P3/c1-8(2)12-9(3)6-11(7-10(12)4)14(20,13(5,17)19)15(16,18)21/h6-8H,16,19-21H2,1-5H3. The third kappa shape index (κ3) is 3.52. The van der Waals surface area contributed by atoms with Gasteiger partial charge in [0.15, 0.2) is 7.85 Å². The molecule has 6 unspecified atom stereocenters. The molecule has 0 saturated heterocycles. The number of alkyl halides is 2. The van der Waals surface area contributed by atoms with Crippen LogP contribution in [-0.4, -0.2) is 18.6 Å². The summed E-state index contributed by atoms with van der Waals surface area (Å²) in [6.07, 6.45) is 0. The number of hydrogen-bond donors (Lipinski definition) is 0. The van der Waals surface area contributed by atoms with E-state index in [1.807, 2.05) is 26.0 Å². The van der Waals surface area contributed by atoms with E-state index >= 15 is 0 Å². The Morgan fingerprint density at radius 1 is 1.05 bits per heavy atom. The monoisotopic (exact) mass is 348 g/mol. The number of aryl methyl sites for hydroxylation is 2. The van der Waals surface area contributed by atoms with Gasteiger partial charge < -0.3 is 0 Å². The van der Waals surface area contributed by atoms with E-state index in [9.17, 15) is 8.78 Å². The fourth-order valence-electron chi connectivity index (χ4n) is 3.16. The van der Waals surface area contributed by atoms with E-state index < -0.39 is 15.9 Å². The lowest BCUT2D eigenvalue weighted by Gasteiger charge is -2.46. The largest absolute Gasteiger partial charge is 0.248 e. The molecule has 0 bridgehead atoms. The second-order valence-electron chi connectivity index (χ2n) is 6.64. The van der Waals surface area contributed by atoms with E-state index in [1.54, 1.807) is 0 Å². The zero-order valence-electron chi connectivity index (χ0n) is 13.7. The lowest BCUT2D eigenvalue weighted by atomic mass is 9.76. The first-order valence-corrected chi connectivity index (χ1v) is 8.82.